The summed E-state index contributed by atoms with van der Waals surface area (Å²) in [6.07, 6.45) is 8.03. The van der Waals surface area contributed by atoms with Crippen LogP contribution in [0.4, 0.5) is 0 Å². The Morgan fingerprint density at radius 1 is 1.19 bits per heavy atom. The predicted octanol–water partition coefficient (Wildman–Crippen LogP) is 2.98. The van der Waals surface area contributed by atoms with Crippen LogP contribution in [0.3, 0.4) is 0 Å². The van der Waals surface area contributed by atoms with Crippen molar-refractivity contribution in [3.63, 3.8) is 0 Å². The van der Waals surface area contributed by atoms with Crippen LogP contribution in [0.25, 0.3) is 0 Å². The fraction of sp³-hybridized carbons (Fsp3) is 0.611. The molecule has 0 aromatic heterocycles. The molecule has 6 nitrogen and oxygen atoms in total. The largest absolute Gasteiger partial charge is 0.357 e. The predicted molar refractivity (Wildman–Crippen MR) is 117 cm³/mol. The average molecular weight is 494 g/mol. The molecule has 2 rings (SSSR count). The topological polar surface area (TPSA) is 96.6 Å². The maximum absolute atomic E-state index is 11.3. The number of nitrogens with zero attached hydrogens (tertiary/aromatic N) is 1. The van der Waals surface area contributed by atoms with Crippen molar-refractivity contribution >= 4 is 40.0 Å². The number of hydrogen-bond donors (Lipinski definition) is 3. The first-order chi connectivity index (χ1) is 12.0. The van der Waals surface area contributed by atoms with Gasteiger partial charge in [-0.3, -0.25) is 0 Å². The molecular formula is C18H31IN4O2S. The van der Waals surface area contributed by atoms with Crippen LogP contribution in [-0.4, -0.2) is 27.5 Å². The van der Waals surface area contributed by atoms with E-state index in [1.807, 2.05) is 6.92 Å². The van der Waals surface area contributed by atoms with Crippen molar-refractivity contribution in [2.45, 2.75) is 56.9 Å². The lowest BCUT2D eigenvalue weighted by Crippen LogP contribution is -2.37. The summed E-state index contributed by atoms with van der Waals surface area (Å²) in [6, 6.07) is 6.52. The third-order valence-electron chi connectivity index (χ3n) is 4.57. The van der Waals surface area contributed by atoms with Crippen molar-refractivity contribution in [1.29, 1.82) is 0 Å². The van der Waals surface area contributed by atoms with E-state index in [4.69, 9.17) is 5.14 Å². The van der Waals surface area contributed by atoms with Gasteiger partial charge in [0.1, 0.15) is 0 Å². The fourth-order valence-electron chi connectivity index (χ4n) is 3.19. The highest BCUT2D eigenvalue weighted by atomic mass is 127. The molecule has 1 fully saturated rings. The molecule has 0 amide bonds. The molecule has 1 aromatic rings. The zero-order chi connectivity index (χ0) is 18.1. The number of halogens is 1. The lowest BCUT2D eigenvalue weighted by molar-refractivity contribution is 0.481. The van der Waals surface area contributed by atoms with Gasteiger partial charge in [0.15, 0.2) is 5.96 Å². The van der Waals surface area contributed by atoms with Gasteiger partial charge >= 0.3 is 0 Å². The highest BCUT2D eigenvalue weighted by Gasteiger charge is 2.14. The normalized spacial score (nSPS) is 15.5. The van der Waals surface area contributed by atoms with Gasteiger partial charge in [-0.15, -0.1) is 24.0 Å². The van der Waals surface area contributed by atoms with E-state index in [2.05, 4.69) is 15.6 Å². The van der Waals surface area contributed by atoms with Gasteiger partial charge in [0, 0.05) is 13.1 Å². The lowest BCUT2D eigenvalue weighted by atomic mass is 10.0. The lowest BCUT2D eigenvalue weighted by Gasteiger charge is -2.13. The summed E-state index contributed by atoms with van der Waals surface area (Å²) in [5.41, 5.74) is 0.940. The first kappa shape index (κ1) is 23.2. The van der Waals surface area contributed by atoms with Crippen LogP contribution in [0.1, 0.15) is 51.0 Å². The Kier molecular flexibility index (Phi) is 10.5. The van der Waals surface area contributed by atoms with E-state index >= 15 is 0 Å². The number of nitrogens with two attached hydrogens (primary N) is 1. The van der Waals surface area contributed by atoms with Crippen molar-refractivity contribution in [3.05, 3.63) is 29.8 Å². The van der Waals surface area contributed by atoms with Crippen LogP contribution < -0.4 is 15.8 Å². The Labute approximate surface area is 174 Å². The smallest absolute Gasteiger partial charge is 0.238 e. The molecule has 0 atom stereocenters. The summed E-state index contributed by atoms with van der Waals surface area (Å²) < 4.78 is 22.5. The first-order valence-corrected chi connectivity index (χ1v) is 10.7. The van der Waals surface area contributed by atoms with Gasteiger partial charge in [-0.05, 0) is 43.4 Å². The van der Waals surface area contributed by atoms with Crippen LogP contribution in [0.5, 0.6) is 0 Å². The molecule has 148 valence electrons. The summed E-state index contributed by atoms with van der Waals surface area (Å²) in [4.78, 5) is 4.68. The van der Waals surface area contributed by atoms with Crippen LogP contribution in [0.15, 0.2) is 34.2 Å². The molecule has 1 aliphatic carbocycles. The standard InChI is InChI=1S/C18H30N4O2S.HI/c1-2-20-18(21-13-5-8-15-6-3-4-7-15)22-14-16-9-11-17(12-10-16)25(19,23)24;/h9-12,15H,2-8,13-14H2,1H3,(H2,19,23,24)(H2,20,21,22);1H. The number of sulfonamides is 1. The molecule has 8 heteroatoms. The summed E-state index contributed by atoms with van der Waals surface area (Å²) in [6.45, 7) is 4.25. The average Bonchev–Trinajstić information content (AvgIpc) is 3.09. The number of rotatable bonds is 8. The maximum atomic E-state index is 11.3. The van der Waals surface area contributed by atoms with Gasteiger partial charge < -0.3 is 10.6 Å². The van der Waals surface area contributed by atoms with E-state index < -0.39 is 10.0 Å². The van der Waals surface area contributed by atoms with Gasteiger partial charge in [0.05, 0.1) is 11.4 Å². The molecule has 0 aliphatic heterocycles. The second kappa shape index (κ2) is 11.8. The van der Waals surface area contributed by atoms with Crippen molar-refractivity contribution in [2.24, 2.45) is 16.0 Å². The quantitative estimate of drug-likeness (QED) is 0.224. The van der Waals surface area contributed by atoms with Crippen LogP contribution in [0.2, 0.25) is 0 Å². The Morgan fingerprint density at radius 2 is 1.85 bits per heavy atom. The van der Waals surface area contributed by atoms with Crippen LogP contribution in [-0.2, 0) is 16.6 Å². The van der Waals surface area contributed by atoms with Gasteiger partial charge in [0.25, 0.3) is 0 Å². The highest BCUT2D eigenvalue weighted by molar-refractivity contribution is 14.0. The minimum atomic E-state index is -3.64. The van der Waals surface area contributed by atoms with Gasteiger partial charge in [-0.2, -0.15) is 0 Å². The van der Waals surface area contributed by atoms with Gasteiger partial charge in [-0.25, -0.2) is 18.5 Å². The fourth-order valence-corrected chi connectivity index (χ4v) is 3.71. The molecular weight excluding hydrogens is 463 g/mol. The second-order valence-electron chi connectivity index (χ2n) is 6.60. The number of nitrogens with one attached hydrogen (secondary N) is 2. The monoisotopic (exact) mass is 494 g/mol. The molecule has 0 radical (unpaired) electrons. The highest BCUT2D eigenvalue weighted by Crippen LogP contribution is 2.28. The van der Waals surface area contributed by atoms with E-state index in [-0.39, 0.29) is 28.9 Å². The van der Waals surface area contributed by atoms with E-state index in [0.717, 1.165) is 37.0 Å². The number of benzene rings is 1. The van der Waals surface area contributed by atoms with Crippen LogP contribution in [0, 0.1) is 5.92 Å². The molecule has 1 aromatic carbocycles. The second-order valence-corrected chi connectivity index (χ2v) is 8.17. The van der Waals surface area contributed by atoms with E-state index in [9.17, 15) is 8.42 Å². The molecule has 0 bridgehead atoms. The molecule has 0 saturated heterocycles. The summed E-state index contributed by atoms with van der Waals surface area (Å²) in [5.74, 6) is 1.71. The Bertz CT molecular complexity index is 656. The summed E-state index contributed by atoms with van der Waals surface area (Å²) in [7, 11) is -3.64. The summed E-state index contributed by atoms with van der Waals surface area (Å²) >= 11 is 0. The number of aliphatic imine (C=N–C) groups is 1. The molecule has 1 aliphatic rings. The van der Waals surface area contributed by atoms with Crippen molar-refractivity contribution in [2.75, 3.05) is 13.1 Å². The van der Waals surface area contributed by atoms with Crippen molar-refractivity contribution in [1.82, 2.24) is 10.6 Å². The Morgan fingerprint density at radius 3 is 2.42 bits per heavy atom. The number of hydrogen-bond acceptors (Lipinski definition) is 3. The molecule has 0 spiro atoms. The first-order valence-electron chi connectivity index (χ1n) is 9.13. The van der Waals surface area contributed by atoms with Crippen molar-refractivity contribution < 1.29 is 8.42 Å². The molecule has 0 heterocycles. The van der Waals surface area contributed by atoms with Crippen LogP contribution >= 0.6 is 24.0 Å². The molecule has 0 unspecified atom stereocenters. The number of primary sulfonamides is 1. The Balaban J connectivity index is 0.00000338. The zero-order valence-electron chi connectivity index (χ0n) is 15.4. The third kappa shape index (κ3) is 8.22. The maximum Gasteiger partial charge on any atom is 0.238 e. The molecule has 1 saturated carbocycles. The minimum Gasteiger partial charge on any atom is -0.357 e. The summed E-state index contributed by atoms with van der Waals surface area (Å²) in [5, 5.41) is 11.7. The van der Waals surface area contributed by atoms with E-state index in [1.54, 1.807) is 12.1 Å². The molecule has 4 N–H and O–H groups in total. The van der Waals surface area contributed by atoms with E-state index in [0.29, 0.717) is 6.54 Å². The van der Waals surface area contributed by atoms with Crippen molar-refractivity contribution in [3.8, 4) is 0 Å². The minimum absolute atomic E-state index is 0. The Hall–Kier alpha value is -0.870. The third-order valence-corrected chi connectivity index (χ3v) is 5.50. The van der Waals surface area contributed by atoms with E-state index in [1.165, 1.54) is 44.2 Å². The molecule has 26 heavy (non-hydrogen) atoms. The van der Waals surface area contributed by atoms with Gasteiger partial charge in [0.2, 0.25) is 10.0 Å². The SMILES string of the molecule is CCNC(=NCc1ccc(S(N)(=O)=O)cc1)NCCCC1CCCC1.I. The number of guanidine groups is 1. The zero-order valence-corrected chi connectivity index (χ0v) is 18.6. The van der Waals surface area contributed by atoms with Gasteiger partial charge in [-0.1, -0.05) is 37.8 Å².